The molecule has 0 radical (unpaired) electrons. The number of urea groups is 1. The fourth-order valence-corrected chi connectivity index (χ4v) is 1.44. The Kier molecular flexibility index (Phi) is 6.01. The van der Waals surface area contributed by atoms with Gasteiger partial charge in [-0.3, -0.25) is 10.1 Å². The van der Waals surface area contributed by atoms with Gasteiger partial charge < -0.3 is 20.7 Å². The van der Waals surface area contributed by atoms with E-state index in [1.165, 1.54) is 6.07 Å². The number of hydrogen-bond donors (Lipinski definition) is 5. The second kappa shape index (κ2) is 7.77. The van der Waals surface area contributed by atoms with Crippen molar-refractivity contribution in [3.8, 4) is 0 Å². The number of nitrogens with one attached hydrogen (secondary N) is 4. The van der Waals surface area contributed by atoms with Crippen molar-refractivity contribution in [3.05, 3.63) is 22.1 Å². The number of rotatable bonds is 6. The van der Waals surface area contributed by atoms with Crippen LogP contribution in [0.25, 0.3) is 0 Å². The van der Waals surface area contributed by atoms with E-state index in [0.717, 1.165) is 0 Å². The third kappa shape index (κ3) is 6.38. The average Bonchev–Trinajstić information content (AvgIpc) is 2.31. The summed E-state index contributed by atoms with van der Waals surface area (Å²) in [5, 5.41) is 15.5. The SMILES string of the molecule is Cc1cc(=O)nc(NC(=O)NCCCCNC(=O)O)[nH]1. The molecule has 20 heavy (non-hydrogen) atoms. The molecule has 0 saturated carbocycles. The second-order valence-corrected chi connectivity index (χ2v) is 4.07. The van der Waals surface area contributed by atoms with Crippen molar-refractivity contribution in [2.45, 2.75) is 19.8 Å². The first kappa shape index (κ1) is 15.5. The average molecular weight is 283 g/mol. The molecule has 0 aliphatic carbocycles. The van der Waals surface area contributed by atoms with Gasteiger partial charge in [-0.25, -0.2) is 9.59 Å². The van der Waals surface area contributed by atoms with Gasteiger partial charge in [0.2, 0.25) is 5.95 Å². The molecule has 0 aromatic carbocycles. The first-order valence-electron chi connectivity index (χ1n) is 6.07. The fraction of sp³-hybridized carbons (Fsp3) is 0.455. The van der Waals surface area contributed by atoms with E-state index in [9.17, 15) is 14.4 Å². The summed E-state index contributed by atoms with van der Waals surface area (Å²) < 4.78 is 0. The van der Waals surface area contributed by atoms with E-state index in [-0.39, 0.29) is 5.95 Å². The number of amides is 3. The molecule has 9 nitrogen and oxygen atoms in total. The summed E-state index contributed by atoms with van der Waals surface area (Å²) in [5.74, 6) is 0.0834. The zero-order valence-corrected chi connectivity index (χ0v) is 11.0. The van der Waals surface area contributed by atoms with Crippen LogP contribution in [0.15, 0.2) is 10.9 Å². The van der Waals surface area contributed by atoms with Crippen LogP contribution in [0.5, 0.6) is 0 Å². The first-order valence-corrected chi connectivity index (χ1v) is 6.07. The number of H-pyrrole nitrogens is 1. The van der Waals surface area contributed by atoms with Crippen LogP contribution >= 0.6 is 0 Å². The Hall–Kier alpha value is -2.58. The molecule has 1 heterocycles. The van der Waals surface area contributed by atoms with Gasteiger partial charge in [0.05, 0.1) is 0 Å². The number of aromatic amines is 1. The van der Waals surface area contributed by atoms with Crippen LogP contribution < -0.4 is 21.5 Å². The molecule has 1 aromatic rings. The monoisotopic (exact) mass is 283 g/mol. The lowest BCUT2D eigenvalue weighted by Gasteiger charge is -2.07. The summed E-state index contributed by atoms with van der Waals surface area (Å²) in [6.07, 6.45) is 0.183. The number of carbonyl (C=O) groups excluding carboxylic acids is 1. The number of unbranched alkanes of at least 4 members (excludes halogenated alkanes) is 1. The Bertz CT molecular complexity index is 528. The number of aromatic nitrogens is 2. The van der Waals surface area contributed by atoms with Crippen LogP contribution in [0.1, 0.15) is 18.5 Å². The standard InChI is InChI=1S/C11H17N5O4/c1-7-6-8(17)15-9(14-7)16-10(18)12-4-2-3-5-13-11(19)20/h6,13H,2-5H2,1H3,(H,19,20)(H3,12,14,15,16,17,18). The van der Waals surface area contributed by atoms with Crippen LogP contribution in [-0.2, 0) is 0 Å². The normalized spacial score (nSPS) is 9.85. The molecular weight excluding hydrogens is 266 g/mol. The summed E-state index contributed by atoms with van der Waals surface area (Å²) in [4.78, 5) is 39.1. The highest BCUT2D eigenvalue weighted by Gasteiger charge is 2.03. The molecule has 0 spiro atoms. The van der Waals surface area contributed by atoms with E-state index in [1.54, 1.807) is 6.92 Å². The number of hydrogen-bond acceptors (Lipinski definition) is 4. The summed E-state index contributed by atoms with van der Waals surface area (Å²) in [7, 11) is 0. The minimum absolute atomic E-state index is 0.0834. The Morgan fingerprint density at radius 2 is 1.95 bits per heavy atom. The lowest BCUT2D eigenvalue weighted by atomic mass is 10.3. The molecule has 3 amide bonds. The number of anilines is 1. The van der Waals surface area contributed by atoms with Crippen LogP contribution in [0.2, 0.25) is 0 Å². The number of carbonyl (C=O) groups is 2. The van der Waals surface area contributed by atoms with Gasteiger partial charge in [-0.1, -0.05) is 0 Å². The minimum atomic E-state index is -1.06. The second-order valence-electron chi connectivity index (χ2n) is 4.07. The van der Waals surface area contributed by atoms with Gasteiger partial charge in [0.1, 0.15) is 0 Å². The Labute approximate surface area is 114 Å². The predicted molar refractivity (Wildman–Crippen MR) is 71.9 cm³/mol. The number of aryl methyl sites for hydroxylation is 1. The number of nitrogens with zero attached hydrogens (tertiary/aromatic N) is 1. The highest BCUT2D eigenvalue weighted by Crippen LogP contribution is 1.95. The van der Waals surface area contributed by atoms with Gasteiger partial charge >= 0.3 is 12.1 Å². The quantitative estimate of drug-likeness (QED) is 0.477. The van der Waals surface area contributed by atoms with Crippen molar-refractivity contribution in [3.63, 3.8) is 0 Å². The molecule has 0 aliphatic rings. The van der Waals surface area contributed by atoms with Crippen LogP contribution in [0.3, 0.4) is 0 Å². The molecule has 5 N–H and O–H groups in total. The van der Waals surface area contributed by atoms with Gasteiger partial charge in [-0.2, -0.15) is 4.98 Å². The lowest BCUT2D eigenvalue weighted by Crippen LogP contribution is -2.31. The van der Waals surface area contributed by atoms with Crippen LogP contribution in [0.4, 0.5) is 15.5 Å². The zero-order valence-electron chi connectivity index (χ0n) is 11.0. The summed E-state index contributed by atoms with van der Waals surface area (Å²) in [6, 6.07) is 0.836. The Balaban J connectivity index is 2.23. The summed E-state index contributed by atoms with van der Waals surface area (Å²) in [5.41, 5.74) is 0.163. The fourth-order valence-electron chi connectivity index (χ4n) is 1.44. The molecule has 9 heteroatoms. The molecule has 1 rings (SSSR count). The van der Waals surface area contributed by atoms with Crippen molar-refractivity contribution >= 4 is 18.1 Å². The van der Waals surface area contributed by atoms with E-state index < -0.39 is 17.7 Å². The summed E-state index contributed by atoms with van der Waals surface area (Å²) >= 11 is 0. The van der Waals surface area contributed by atoms with E-state index >= 15 is 0 Å². The van der Waals surface area contributed by atoms with Crippen molar-refractivity contribution in [1.29, 1.82) is 0 Å². The summed E-state index contributed by atoms with van der Waals surface area (Å²) in [6.45, 7) is 2.41. The maximum absolute atomic E-state index is 11.5. The molecule has 0 fully saturated rings. The van der Waals surface area contributed by atoms with E-state index in [2.05, 4.69) is 25.9 Å². The molecule has 110 valence electrons. The van der Waals surface area contributed by atoms with E-state index in [0.29, 0.717) is 31.6 Å². The van der Waals surface area contributed by atoms with Crippen LogP contribution in [-0.4, -0.2) is 40.3 Å². The van der Waals surface area contributed by atoms with E-state index in [1.807, 2.05) is 0 Å². The molecule has 0 bridgehead atoms. The third-order valence-electron chi connectivity index (χ3n) is 2.27. The van der Waals surface area contributed by atoms with Crippen molar-refractivity contribution < 1.29 is 14.7 Å². The van der Waals surface area contributed by atoms with Gasteiger partial charge in [0.15, 0.2) is 0 Å². The van der Waals surface area contributed by atoms with Crippen LogP contribution in [0, 0.1) is 6.92 Å². The molecule has 0 aliphatic heterocycles. The minimum Gasteiger partial charge on any atom is -0.465 e. The molecule has 1 aromatic heterocycles. The molecule has 0 saturated heterocycles. The predicted octanol–water partition coefficient (Wildman–Crippen LogP) is 0.248. The van der Waals surface area contributed by atoms with Gasteiger partial charge in [0, 0.05) is 24.8 Å². The highest BCUT2D eigenvalue weighted by atomic mass is 16.4. The van der Waals surface area contributed by atoms with Gasteiger partial charge in [-0.05, 0) is 19.8 Å². The van der Waals surface area contributed by atoms with Crippen molar-refractivity contribution in [1.82, 2.24) is 20.6 Å². The maximum Gasteiger partial charge on any atom is 0.404 e. The molecular formula is C11H17N5O4. The van der Waals surface area contributed by atoms with Gasteiger partial charge in [-0.15, -0.1) is 0 Å². The zero-order chi connectivity index (χ0) is 15.0. The number of carboxylic acid groups (broad SMARTS) is 1. The van der Waals surface area contributed by atoms with Crippen molar-refractivity contribution in [2.24, 2.45) is 0 Å². The molecule has 0 atom stereocenters. The van der Waals surface area contributed by atoms with E-state index in [4.69, 9.17) is 5.11 Å². The van der Waals surface area contributed by atoms with Gasteiger partial charge in [0.25, 0.3) is 5.56 Å². The topological polar surface area (TPSA) is 136 Å². The smallest absolute Gasteiger partial charge is 0.404 e. The largest absolute Gasteiger partial charge is 0.465 e. The Morgan fingerprint density at radius 3 is 2.55 bits per heavy atom. The first-order chi connectivity index (χ1) is 9.47. The maximum atomic E-state index is 11.5. The lowest BCUT2D eigenvalue weighted by molar-refractivity contribution is 0.194. The third-order valence-corrected chi connectivity index (χ3v) is 2.27. The molecule has 0 unspecified atom stereocenters. The van der Waals surface area contributed by atoms with Crippen molar-refractivity contribution in [2.75, 3.05) is 18.4 Å². The Morgan fingerprint density at radius 1 is 1.30 bits per heavy atom. The highest BCUT2D eigenvalue weighted by molar-refractivity contribution is 5.87.